The molecule has 2 N–H and O–H groups in total. The van der Waals surface area contributed by atoms with Gasteiger partial charge < -0.3 is 10.5 Å². The summed E-state index contributed by atoms with van der Waals surface area (Å²) in [6, 6.07) is 1.81. The highest BCUT2D eigenvalue weighted by Gasteiger charge is 2.50. The summed E-state index contributed by atoms with van der Waals surface area (Å²) in [6.45, 7) is 3.86. The van der Waals surface area contributed by atoms with Gasteiger partial charge in [-0.05, 0) is 42.7 Å². The molecule has 2 aliphatic rings. The third-order valence-electron chi connectivity index (χ3n) is 5.26. The second-order valence-electron chi connectivity index (χ2n) is 7.69. The van der Waals surface area contributed by atoms with Crippen LogP contribution in [0.25, 0.3) is 0 Å². The van der Waals surface area contributed by atoms with E-state index in [0.717, 1.165) is 18.4 Å². The fraction of sp³-hybridized carbons (Fsp3) is 0.667. The van der Waals surface area contributed by atoms with E-state index in [9.17, 15) is 17.6 Å². The molecule has 0 bridgehead atoms. The molecule has 0 saturated heterocycles. The lowest BCUT2D eigenvalue weighted by Crippen LogP contribution is -2.44. The number of rotatable bonds is 5. The third-order valence-corrected chi connectivity index (χ3v) is 5.26. The van der Waals surface area contributed by atoms with E-state index in [1.165, 1.54) is 12.1 Å². The van der Waals surface area contributed by atoms with Gasteiger partial charge in [0.15, 0.2) is 0 Å². The molecule has 6 heteroatoms. The highest BCUT2D eigenvalue weighted by Crippen LogP contribution is 2.47. The van der Waals surface area contributed by atoms with Crippen LogP contribution in [0.1, 0.15) is 44.2 Å². The van der Waals surface area contributed by atoms with Crippen molar-refractivity contribution in [1.29, 1.82) is 0 Å². The maximum absolute atomic E-state index is 13.9. The zero-order valence-electron chi connectivity index (χ0n) is 13.9. The van der Waals surface area contributed by atoms with Gasteiger partial charge in [0.25, 0.3) is 0 Å². The van der Waals surface area contributed by atoms with Crippen molar-refractivity contribution in [2.45, 2.75) is 57.2 Å². The topological polar surface area (TPSA) is 35.2 Å². The van der Waals surface area contributed by atoms with Gasteiger partial charge in [0.05, 0.1) is 12.5 Å². The van der Waals surface area contributed by atoms with E-state index in [1.807, 2.05) is 0 Å². The molecule has 1 saturated carbocycles. The molecule has 2 atom stereocenters. The van der Waals surface area contributed by atoms with E-state index >= 15 is 0 Å². The SMILES string of the molecule is CC(C)(C[C@@H]([C@@H](N)C1CC1)C(F)(F)F)c1cc(F)cc2c1OCC2. The smallest absolute Gasteiger partial charge is 0.393 e. The minimum absolute atomic E-state index is 0.0538. The van der Waals surface area contributed by atoms with Crippen molar-refractivity contribution in [3.63, 3.8) is 0 Å². The third kappa shape index (κ3) is 3.39. The fourth-order valence-corrected chi connectivity index (χ4v) is 3.71. The minimum Gasteiger partial charge on any atom is -0.493 e. The van der Waals surface area contributed by atoms with Crippen LogP contribution in [0.4, 0.5) is 17.6 Å². The van der Waals surface area contributed by atoms with E-state index in [0.29, 0.717) is 24.3 Å². The number of hydrogen-bond acceptors (Lipinski definition) is 2. The Labute approximate surface area is 139 Å². The van der Waals surface area contributed by atoms with Gasteiger partial charge in [-0.15, -0.1) is 0 Å². The molecule has 0 amide bonds. The van der Waals surface area contributed by atoms with Crippen molar-refractivity contribution in [3.05, 3.63) is 29.1 Å². The molecular weight excluding hydrogens is 322 g/mol. The predicted molar refractivity (Wildman–Crippen MR) is 83.5 cm³/mol. The van der Waals surface area contributed by atoms with Crippen molar-refractivity contribution in [3.8, 4) is 5.75 Å². The van der Waals surface area contributed by atoms with Crippen molar-refractivity contribution in [2.75, 3.05) is 6.61 Å². The Morgan fingerprint density at radius 1 is 1.25 bits per heavy atom. The number of benzene rings is 1. The first-order valence-electron chi connectivity index (χ1n) is 8.37. The maximum Gasteiger partial charge on any atom is 0.393 e. The lowest BCUT2D eigenvalue weighted by Gasteiger charge is -2.35. The standard InChI is InChI=1S/C18H23F4NO/c1-17(2,9-14(18(20,21)22)15(23)10-3-4-10)13-8-12(19)7-11-5-6-24-16(11)13/h7-8,10,14-15H,3-6,9,23H2,1-2H3/t14-,15-/m0/s1. The van der Waals surface area contributed by atoms with Gasteiger partial charge in [-0.1, -0.05) is 13.8 Å². The zero-order chi connectivity index (χ0) is 17.7. The summed E-state index contributed by atoms with van der Waals surface area (Å²) in [4.78, 5) is 0. The summed E-state index contributed by atoms with van der Waals surface area (Å²) in [5.41, 5.74) is 6.26. The van der Waals surface area contributed by atoms with E-state index in [1.54, 1.807) is 13.8 Å². The first-order valence-corrected chi connectivity index (χ1v) is 8.37. The molecule has 0 radical (unpaired) electrons. The summed E-state index contributed by atoms with van der Waals surface area (Å²) in [5.74, 6) is -1.54. The van der Waals surface area contributed by atoms with Crippen LogP contribution in [-0.4, -0.2) is 18.8 Å². The number of halogens is 4. The van der Waals surface area contributed by atoms with Gasteiger partial charge in [0.2, 0.25) is 0 Å². The van der Waals surface area contributed by atoms with E-state index in [4.69, 9.17) is 10.5 Å². The molecular formula is C18H23F4NO. The summed E-state index contributed by atoms with van der Waals surface area (Å²) in [7, 11) is 0. The number of hydrogen-bond donors (Lipinski definition) is 1. The van der Waals surface area contributed by atoms with Crippen LogP contribution < -0.4 is 10.5 Å². The highest BCUT2D eigenvalue weighted by molar-refractivity contribution is 5.48. The Morgan fingerprint density at radius 2 is 1.92 bits per heavy atom. The number of ether oxygens (including phenoxy) is 1. The van der Waals surface area contributed by atoms with Gasteiger partial charge in [-0.2, -0.15) is 13.2 Å². The van der Waals surface area contributed by atoms with Gasteiger partial charge >= 0.3 is 6.18 Å². The molecule has 1 aromatic rings. The minimum atomic E-state index is -4.36. The van der Waals surface area contributed by atoms with Crippen LogP contribution in [0.15, 0.2) is 12.1 Å². The van der Waals surface area contributed by atoms with Crippen LogP contribution >= 0.6 is 0 Å². The molecule has 134 valence electrons. The molecule has 1 aliphatic heterocycles. The van der Waals surface area contributed by atoms with E-state index in [2.05, 4.69) is 0 Å². The molecule has 1 aromatic carbocycles. The van der Waals surface area contributed by atoms with Crippen molar-refractivity contribution in [1.82, 2.24) is 0 Å². The Kier molecular flexibility index (Phi) is 4.31. The average Bonchev–Trinajstić information content (AvgIpc) is 3.21. The Morgan fingerprint density at radius 3 is 2.50 bits per heavy atom. The van der Waals surface area contributed by atoms with E-state index in [-0.39, 0.29) is 12.3 Å². The summed E-state index contributed by atoms with van der Waals surface area (Å²) in [5, 5.41) is 0. The Hall–Kier alpha value is -1.30. The Bertz CT molecular complexity index is 622. The largest absolute Gasteiger partial charge is 0.493 e. The van der Waals surface area contributed by atoms with Gasteiger partial charge in [0, 0.05) is 23.6 Å². The van der Waals surface area contributed by atoms with Crippen molar-refractivity contribution >= 4 is 0 Å². The molecule has 3 rings (SSSR count). The quantitative estimate of drug-likeness (QED) is 0.806. The number of fused-ring (bicyclic) bond motifs is 1. The zero-order valence-corrected chi connectivity index (χ0v) is 13.9. The second kappa shape index (κ2) is 5.90. The molecule has 0 aromatic heterocycles. The summed E-state index contributed by atoms with van der Waals surface area (Å²) in [6.07, 6.45) is -2.44. The van der Waals surface area contributed by atoms with Gasteiger partial charge in [-0.25, -0.2) is 4.39 Å². The summed E-state index contributed by atoms with van der Waals surface area (Å²) < 4.78 is 60.2. The number of nitrogens with two attached hydrogens (primary N) is 1. The molecule has 1 aliphatic carbocycles. The van der Waals surface area contributed by atoms with Crippen LogP contribution in [0, 0.1) is 17.7 Å². The number of alkyl halides is 3. The lowest BCUT2D eigenvalue weighted by molar-refractivity contribution is -0.186. The normalized spacial score (nSPS) is 20.5. The average molecular weight is 345 g/mol. The maximum atomic E-state index is 13.9. The first kappa shape index (κ1) is 17.5. The lowest BCUT2D eigenvalue weighted by atomic mass is 9.73. The molecule has 1 fully saturated rings. The molecule has 0 unspecified atom stereocenters. The van der Waals surface area contributed by atoms with Crippen LogP contribution in [-0.2, 0) is 11.8 Å². The Balaban J connectivity index is 1.92. The molecule has 0 spiro atoms. The first-order chi connectivity index (χ1) is 11.1. The van der Waals surface area contributed by atoms with Crippen molar-refractivity contribution in [2.24, 2.45) is 17.6 Å². The molecule has 1 heterocycles. The predicted octanol–water partition coefficient (Wildman–Crippen LogP) is 4.34. The van der Waals surface area contributed by atoms with Crippen LogP contribution in [0.3, 0.4) is 0 Å². The van der Waals surface area contributed by atoms with Crippen LogP contribution in [0.2, 0.25) is 0 Å². The fourth-order valence-electron chi connectivity index (χ4n) is 3.71. The highest BCUT2D eigenvalue weighted by atomic mass is 19.4. The van der Waals surface area contributed by atoms with E-state index < -0.39 is 29.4 Å². The van der Waals surface area contributed by atoms with Gasteiger partial charge in [-0.3, -0.25) is 0 Å². The monoisotopic (exact) mass is 345 g/mol. The van der Waals surface area contributed by atoms with Gasteiger partial charge in [0.1, 0.15) is 11.6 Å². The molecule has 24 heavy (non-hydrogen) atoms. The molecule has 2 nitrogen and oxygen atoms in total. The summed E-state index contributed by atoms with van der Waals surface area (Å²) >= 11 is 0. The second-order valence-corrected chi connectivity index (χ2v) is 7.69. The van der Waals surface area contributed by atoms with Crippen LogP contribution in [0.5, 0.6) is 5.75 Å². The van der Waals surface area contributed by atoms with Crippen molar-refractivity contribution < 1.29 is 22.3 Å².